The molecule has 2 aliphatic rings. The van der Waals surface area contributed by atoms with Gasteiger partial charge in [-0.25, -0.2) is 4.79 Å². The molecule has 0 spiro atoms. The van der Waals surface area contributed by atoms with Crippen molar-refractivity contribution in [3.05, 3.63) is 12.7 Å². The minimum Gasteiger partial charge on any atom is -0.450 e. The fourth-order valence-corrected chi connectivity index (χ4v) is 2.85. The van der Waals surface area contributed by atoms with E-state index in [9.17, 15) is 9.59 Å². The third-order valence-electron chi connectivity index (χ3n) is 3.95. The maximum Gasteiger partial charge on any atom is 0.409 e. The number of rotatable bonds is 3. The van der Waals surface area contributed by atoms with Crippen LogP contribution in [-0.2, 0) is 9.53 Å². The second kappa shape index (κ2) is 6.08. The zero-order valence-corrected chi connectivity index (χ0v) is 11.5. The van der Waals surface area contributed by atoms with Crippen LogP contribution in [0.4, 0.5) is 4.79 Å². The van der Waals surface area contributed by atoms with Gasteiger partial charge in [0.2, 0.25) is 5.91 Å². The fourth-order valence-electron chi connectivity index (χ4n) is 2.85. The molecule has 0 N–H and O–H groups in total. The molecule has 2 fully saturated rings. The van der Waals surface area contributed by atoms with Crippen molar-refractivity contribution in [2.75, 3.05) is 26.2 Å². The van der Waals surface area contributed by atoms with Crippen molar-refractivity contribution in [3.63, 3.8) is 0 Å². The minimum atomic E-state index is -0.238. The molecule has 0 bridgehead atoms. The Morgan fingerprint density at radius 2 is 2.16 bits per heavy atom. The SMILES string of the molecule is C=CC1CC(=O)N(C2CCN(C(=O)OCC)CC2)C1. The van der Waals surface area contributed by atoms with Crippen LogP contribution < -0.4 is 0 Å². The molecule has 0 aromatic carbocycles. The van der Waals surface area contributed by atoms with E-state index in [4.69, 9.17) is 4.74 Å². The van der Waals surface area contributed by atoms with Crippen molar-refractivity contribution >= 4 is 12.0 Å². The van der Waals surface area contributed by atoms with E-state index in [0.717, 1.165) is 19.4 Å². The van der Waals surface area contributed by atoms with Crippen LogP contribution >= 0.6 is 0 Å². The van der Waals surface area contributed by atoms with E-state index < -0.39 is 0 Å². The van der Waals surface area contributed by atoms with Crippen LogP contribution in [0, 0.1) is 5.92 Å². The van der Waals surface area contributed by atoms with Crippen LogP contribution in [0.15, 0.2) is 12.7 Å². The van der Waals surface area contributed by atoms with Gasteiger partial charge in [-0.2, -0.15) is 0 Å². The summed E-state index contributed by atoms with van der Waals surface area (Å²) < 4.78 is 4.99. The number of nitrogens with zero attached hydrogens (tertiary/aromatic N) is 2. The molecule has 0 radical (unpaired) electrons. The predicted octanol–water partition coefficient (Wildman–Crippen LogP) is 1.64. The number of carbonyl (C=O) groups excluding carboxylic acids is 2. The molecule has 0 aliphatic carbocycles. The number of piperidine rings is 1. The van der Waals surface area contributed by atoms with Gasteiger partial charge in [0.15, 0.2) is 0 Å². The van der Waals surface area contributed by atoms with Gasteiger partial charge in [-0.05, 0) is 19.8 Å². The first-order valence-electron chi connectivity index (χ1n) is 6.99. The van der Waals surface area contributed by atoms with Crippen LogP contribution in [-0.4, -0.2) is 54.1 Å². The van der Waals surface area contributed by atoms with Crippen LogP contribution in [0.3, 0.4) is 0 Å². The third kappa shape index (κ3) is 3.08. The van der Waals surface area contributed by atoms with Crippen molar-refractivity contribution < 1.29 is 14.3 Å². The monoisotopic (exact) mass is 266 g/mol. The largest absolute Gasteiger partial charge is 0.450 e. The van der Waals surface area contributed by atoms with Gasteiger partial charge in [0.1, 0.15) is 0 Å². The smallest absolute Gasteiger partial charge is 0.409 e. The van der Waals surface area contributed by atoms with Crippen LogP contribution in [0.25, 0.3) is 0 Å². The number of hydrogen-bond donors (Lipinski definition) is 0. The molecule has 5 heteroatoms. The van der Waals surface area contributed by atoms with Gasteiger partial charge in [-0.1, -0.05) is 6.08 Å². The summed E-state index contributed by atoms with van der Waals surface area (Å²) in [6, 6.07) is 0.267. The van der Waals surface area contributed by atoms with E-state index in [2.05, 4.69) is 6.58 Å². The molecule has 1 unspecified atom stereocenters. The zero-order chi connectivity index (χ0) is 13.8. The molecule has 2 saturated heterocycles. The number of likely N-dealkylation sites (tertiary alicyclic amines) is 2. The van der Waals surface area contributed by atoms with E-state index in [0.29, 0.717) is 26.1 Å². The Bertz CT molecular complexity index is 362. The Labute approximate surface area is 114 Å². The second-order valence-corrected chi connectivity index (χ2v) is 5.16. The van der Waals surface area contributed by atoms with Crippen LogP contribution in [0.1, 0.15) is 26.2 Å². The number of ether oxygens (including phenoxy) is 1. The summed E-state index contributed by atoms with van der Waals surface area (Å²) in [5, 5.41) is 0. The summed E-state index contributed by atoms with van der Waals surface area (Å²) in [5.41, 5.74) is 0. The van der Waals surface area contributed by atoms with E-state index >= 15 is 0 Å². The summed E-state index contributed by atoms with van der Waals surface area (Å²) in [6.45, 7) is 8.11. The molecule has 0 aromatic heterocycles. The van der Waals surface area contributed by atoms with Gasteiger partial charge in [0, 0.05) is 38.0 Å². The topological polar surface area (TPSA) is 49.9 Å². The Morgan fingerprint density at radius 1 is 1.47 bits per heavy atom. The highest BCUT2D eigenvalue weighted by atomic mass is 16.6. The van der Waals surface area contributed by atoms with Crippen molar-refractivity contribution in [2.45, 2.75) is 32.2 Å². The fraction of sp³-hybridized carbons (Fsp3) is 0.714. The Hall–Kier alpha value is -1.52. The summed E-state index contributed by atoms with van der Waals surface area (Å²) in [5.74, 6) is 0.509. The summed E-state index contributed by atoms with van der Waals surface area (Å²) >= 11 is 0. The first kappa shape index (κ1) is 13.9. The average Bonchev–Trinajstić information content (AvgIpc) is 2.80. The molecular formula is C14H22N2O3. The molecule has 0 saturated carbocycles. The van der Waals surface area contributed by atoms with Crippen molar-refractivity contribution in [3.8, 4) is 0 Å². The molecule has 0 aromatic rings. The van der Waals surface area contributed by atoms with Crippen molar-refractivity contribution in [1.82, 2.24) is 9.80 Å². The van der Waals surface area contributed by atoms with Gasteiger partial charge in [0.25, 0.3) is 0 Å². The predicted molar refractivity (Wildman–Crippen MR) is 71.6 cm³/mol. The Morgan fingerprint density at radius 3 is 2.68 bits per heavy atom. The summed E-state index contributed by atoms with van der Waals surface area (Å²) in [4.78, 5) is 27.2. The van der Waals surface area contributed by atoms with E-state index in [-0.39, 0.29) is 24.0 Å². The van der Waals surface area contributed by atoms with Crippen LogP contribution in [0.5, 0.6) is 0 Å². The zero-order valence-electron chi connectivity index (χ0n) is 11.5. The first-order valence-corrected chi connectivity index (χ1v) is 6.99. The molecule has 2 amide bonds. The van der Waals surface area contributed by atoms with Crippen LogP contribution in [0.2, 0.25) is 0 Å². The highest BCUT2D eigenvalue weighted by Gasteiger charge is 2.35. The lowest BCUT2D eigenvalue weighted by Crippen LogP contribution is -2.47. The molecule has 2 aliphatic heterocycles. The number of carbonyl (C=O) groups is 2. The Kier molecular flexibility index (Phi) is 4.45. The highest BCUT2D eigenvalue weighted by Crippen LogP contribution is 2.26. The molecule has 2 rings (SSSR count). The molecule has 5 nitrogen and oxygen atoms in total. The normalized spacial score (nSPS) is 24.7. The van der Waals surface area contributed by atoms with E-state index in [1.54, 1.807) is 4.90 Å². The summed E-state index contributed by atoms with van der Waals surface area (Å²) in [6.07, 6.45) is 3.90. The third-order valence-corrected chi connectivity index (χ3v) is 3.95. The number of amides is 2. The molecule has 1 atom stereocenters. The lowest BCUT2D eigenvalue weighted by atomic mass is 10.0. The van der Waals surface area contributed by atoms with Gasteiger partial charge in [0.05, 0.1) is 6.61 Å². The number of hydrogen-bond acceptors (Lipinski definition) is 3. The standard InChI is InChI=1S/C14H22N2O3/c1-3-11-9-13(17)16(10-11)12-5-7-15(8-6-12)14(18)19-4-2/h3,11-12H,1,4-10H2,2H3. The Balaban J connectivity index is 1.85. The van der Waals surface area contributed by atoms with Crippen molar-refractivity contribution in [1.29, 1.82) is 0 Å². The van der Waals surface area contributed by atoms with Crippen molar-refractivity contribution in [2.24, 2.45) is 5.92 Å². The molecule has 2 heterocycles. The van der Waals surface area contributed by atoms with Gasteiger partial charge >= 0.3 is 6.09 Å². The van der Waals surface area contributed by atoms with Gasteiger partial charge in [-0.3, -0.25) is 4.79 Å². The quantitative estimate of drug-likeness (QED) is 0.730. The first-order chi connectivity index (χ1) is 9.15. The maximum atomic E-state index is 11.9. The average molecular weight is 266 g/mol. The second-order valence-electron chi connectivity index (χ2n) is 5.16. The maximum absolute atomic E-state index is 11.9. The van der Waals surface area contributed by atoms with E-state index in [1.807, 2.05) is 17.9 Å². The lowest BCUT2D eigenvalue weighted by Gasteiger charge is -2.36. The molecule has 19 heavy (non-hydrogen) atoms. The summed E-state index contributed by atoms with van der Waals surface area (Å²) in [7, 11) is 0. The minimum absolute atomic E-state index is 0.222. The van der Waals surface area contributed by atoms with E-state index in [1.165, 1.54) is 0 Å². The lowest BCUT2D eigenvalue weighted by molar-refractivity contribution is -0.130. The van der Waals surface area contributed by atoms with Gasteiger partial charge < -0.3 is 14.5 Å². The van der Waals surface area contributed by atoms with Gasteiger partial charge in [-0.15, -0.1) is 6.58 Å². The molecular weight excluding hydrogens is 244 g/mol. The molecule has 106 valence electrons. The highest BCUT2D eigenvalue weighted by molar-refractivity contribution is 5.79.